The minimum atomic E-state index is -0.537. The number of rotatable bonds is 10. The second-order valence-corrected chi connectivity index (χ2v) is 5.98. The predicted molar refractivity (Wildman–Crippen MR) is 87.7 cm³/mol. The summed E-state index contributed by atoms with van der Waals surface area (Å²) in [5.41, 5.74) is 0.801. The Labute approximate surface area is 132 Å². The molecule has 0 bridgehead atoms. The molecule has 0 aliphatic rings. The lowest BCUT2D eigenvalue weighted by atomic mass is 10.1. The van der Waals surface area contributed by atoms with Crippen molar-refractivity contribution >= 4 is 23.2 Å². The first-order valence-electron chi connectivity index (χ1n) is 7.49. The van der Waals surface area contributed by atoms with E-state index in [1.54, 1.807) is 12.1 Å². The molecule has 1 aromatic carbocycles. The van der Waals surface area contributed by atoms with Crippen molar-refractivity contribution in [2.45, 2.75) is 51.6 Å². The molecule has 0 fully saturated rings. The van der Waals surface area contributed by atoms with Crippen molar-refractivity contribution in [3.05, 3.63) is 33.8 Å². The number of benzene rings is 1. The summed E-state index contributed by atoms with van der Waals surface area (Å²) in [5.74, 6) is 0. The lowest BCUT2D eigenvalue weighted by Crippen LogP contribution is -2.22. The average Bonchev–Trinajstić information content (AvgIpc) is 2.44. The smallest absolute Gasteiger partial charge is 0.0914 e. The number of hydrogen-bond donors (Lipinski definition) is 2. The molecule has 0 amide bonds. The van der Waals surface area contributed by atoms with Gasteiger partial charge < -0.3 is 10.4 Å². The summed E-state index contributed by atoms with van der Waals surface area (Å²) >= 11 is 11.8. The first-order chi connectivity index (χ1) is 9.65. The van der Waals surface area contributed by atoms with Crippen LogP contribution < -0.4 is 5.32 Å². The van der Waals surface area contributed by atoms with Crippen LogP contribution in [-0.2, 0) is 0 Å². The summed E-state index contributed by atoms with van der Waals surface area (Å²) in [6.45, 7) is 3.73. The van der Waals surface area contributed by atoms with Gasteiger partial charge in [-0.2, -0.15) is 0 Å². The molecule has 0 aromatic heterocycles. The van der Waals surface area contributed by atoms with Gasteiger partial charge in [0.2, 0.25) is 0 Å². The number of nitrogens with one attached hydrogen (secondary N) is 1. The van der Waals surface area contributed by atoms with Crippen molar-refractivity contribution in [3.63, 3.8) is 0 Å². The normalized spacial score (nSPS) is 12.6. The quantitative estimate of drug-likeness (QED) is 0.597. The lowest BCUT2D eigenvalue weighted by molar-refractivity contribution is 0.174. The molecule has 0 saturated heterocycles. The first kappa shape index (κ1) is 17.8. The van der Waals surface area contributed by atoms with E-state index in [2.05, 4.69) is 12.2 Å². The van der Waals surface area contributed by atoms with Crippen LogP contribution in [0.15, 0.2) is 18.2 Å². The Morgan fingerprint density at radius 3 is 2.45 bits per heavy atom. The van der Waals surface area contributed by atoms with E-state index in [0.29, 0.717) is 16.6 Å². The Morgan fingerprint density at radius 1 is 1.05 bits per heavy atom. The number of halogens is 2. The molecule has 0 spiro atoms. The maximum absolute atomic E-state index is 10.0. The summed E-state index contributed by atoms with van der Waals surface area (Å²) < 4.78 is 0. The van der Waals surface area contributed by atoms with Crippen molar-refractivity contribution in [1.29, 1.82) is 0 Å². The summed E-state index contributed by atoms with van der Waals surface area (Å²) in [5, 5.41) is 14.3. The summed E-state index contributed by atoms with van der Waals surface area (Å²) in [6, 6.07) is 5.25. The molecule has 4 heteroatoms. The number of unbranched alkanes of at least 4 members (excludes halogenated alkanes) is 5. The van der Waals surface area contributed by atoms with Crippen molar-refractivity contribution in [1.82, 2.24) is 5.32 Å². The van der Waals surface area contributed by atoms with Crippen LogP contribution in [0.3, 0.4) is 0 Å². The standard InChI is InChI=1S/C16H25Cl2NO/c1-2-3-4-5-6-7-10-19-12-16(20)13-8-9-14(17)15(18)11-13/h8-9,11,16,19-20H,2-7,10,12H2,1H3/t16-/m1/s1. The van der Waals surface area contributed by atoms with Gasteiger partial charge in [-0.25, -0.2) is 0 Å². The molecule has 1 rings (SSSR count). The summed E-state index contributed by atoms with van der Waals surface area (Å²) in [6.07, 6.45) is 7.16. The topological polar surface area (TPSA) is 32.3 Å². The molecule has 0 heterocycles. The van der Waals surface area contributed by atoms with Crippen LogP contribution in [0.25, 0.3) is 0 Å². The lowest BCUT2D eigenvalue weighted by Gasteiger charge is -2.13. The second kappa shape index (κ2) is 10.4. The molecule has 20 heavy (non-hydrogen) atoms. The Kier molecular flexibility index (Phi) is 9.28. The molecular formula is C16H25Cl2NO. The molecule has 0 aliphatic heterocycles. The van der Waals surface area contributed by atoms with Gasteiger partial charge in [-0.3, -0.25) is 0 Å². The highest BCUT2D eigenvalue weighted by atomic mass is 35.5. The van der Waals surface area contributed by atoms with E-state index in [0.717, 1.165) is 18.5 Å². The molecule has 0 saturated carbocycles. The Morgan fingerprint density at radius 2 is 1.75 bits per heavy atom. The van der Waals surface area contributed by atoms with E-state index in [4.69, 9.17) is 23.2 Å². The minimum absolute atomic E-state index is 0.485. The van der Waals surface area contributed by atoms with Crippen LogP contribution in [0, 0.1) is 0 Å². The number of aliphatic hydroxyl groups excluding tert-OH is 1. The predicted octanol–water partition coefficient (Wildman–Crippen LogP) is 4.98. The fraction of sp³-hybridized carbons (Fsp3) is 0.625. The Balaban J connectivity index is 2.13. The van der Waals surface area contributed by atoms with E-state index in [1.165, 1.54) is 32.1 Å². The molecule has 0 radical (unpaired) electrons. The van der Waals surface area contributed by atoms with Gasteiger partial charge in [-0.05, 0) is 30.7 Å². The van der Waals surface area contributed by atoms with Gasteiger partial charge in [0.05, 0.1) is 16.1 Å². The van der Waals surface area contributed by atoms with Crippen molar-refractivity contribution < 1.29 is 5.11 Å². The van der Waals surface area contributed by atoms with Gasteiger partial charge in [0.15, 0.2) is 0 Å². The van der Waals surface area contributed by atoms with Gasteiger partial charge in [0.25, 0.3) is 0 Å². The highest BCUT2D eigenvalue weighted by Crippen LogP contribution is 2.25. The molecule has 0 unspecified atom stereocenters. The fourth-order valence-corrected chi connectivity index (χ4v) is 2.41. The van der Waals surface area contributed by atoms with E-state index in [1.807, 2.05) is 6.07 Å². The molecule has 2 N–H and O–H groups in total. The highest BCUT2D eigenvalue weighted by molar-refractivity contribution is 6.42. The molecule has 2 nitrogen and oxygen atoms in total. The SMILES string of the molecule is CCCCCCCCNC[C@@H](O)c1ccc(Cl)c(Cl)c1. The van der Waals surface area contributed by atoms with E-state index in [-0.39, 0.29) is 0 Å². The van der Waals surface area contributed by atoms with Crippen molar-refractivity contribution in [2.24, 2.45) is 0 Å². The molecular weight excluding hydrogens is 293 g/mol. The third kappa shape index (κ3) is 6.94. The second-order valence-electron chi connectivity index (χ2n) is 5.16. The van der Waals surface area contributed by atoms with Gasteiger partial charge in [-0.15, -0.1) is 0 Å². The third-order valence-electron chi connectivity index (χ3n) is 3.37. The van der Waals surface area contributed by atoms with E-state index >= 15 is 0 Å². The van der Waals surface area contributed by atoms with E-state index < -0.39 is 6.10 Å². The average molecular weight is 318 g/mol. The highest BCUT2D eigenvalue weighted by Gasteiger charge is 2.08. The number of aliphatic hydroxyl groups is 1. The Hall–Kier alpha value is -0.280. The zero-order valence-corrected chi connectivity index (χ0v) is 13.7. The van der Waals surface area contributed by atoms with Crippen LogP contribution >= 0.6 is 23.2 Å². The maximum Gasteiger partial charge on any atom is 0.0914 e. The van der Waals surface area contributed by atoms with E-state index in [9.17, 15) is 5.11 Å². The van der Waals surface area contributed by atoms with Gasteiger partial charge in [0.1, 0.15) is 0 Å². The monoisotopic (exact) mass is 317 g/mol. The Bertz CT molecular complexity index is 385. The zero-order chi connectivity index (χ0) is 14.8. The largest absolute Gasteiger partial charge is 0.387 e. The van der Waals surface area contributed by atoms with Gasteiger partial charge in [-0.1, -0.05) is 68.3 Å². The third-order valence-corrected chi connectivity index (χ3v) is 4.11. The molecule has 114 valence electrons. The first-order valence-corrected chi connectivity index (χ1v) is 8.24. The fourth-order valence-electron chi connectivity index (χ4n) is 2.11. The van der Waals surface area contributed by atoms with Crippen LogP contribution in [0.2, 0.25) is 10.0 Å². The number of hydrogen-bond acceptors (Lipinski definition) is 2. The molecule has 1 atom stereocenters. The molecule has 0 aliphatic carbocycles. The zero-order valence-electron chi connectivity index (χ0n) is 12.2. The van der Waals surface area contributed by atoms with Crippen molar-refractivity contribution in [2.75, 3.05) is 13.1 Å². The van der Waals surface area contributed by atoms with Crippen LogP contribution in [-0.4, -0.2) is 18.2 Å². The van der Waals surface area contributed by atoms with Crippen LogP contribution in [0.5, 0.6) is 0 Å². The maximum atomic E-state index is 10.0. The van der Waals surface area contributed by atoms with Gasteiger partial charge >= 0.3 is 0 Å². The van der Waals surface area contributed by atoms with Crippen LogP contribution in [0.4, 0.5) is 0 Å². The van der Waals surface area contributed by atoms with Crippen LogP contribution in [0.1, 0.15) is 57.1 Å². The van der Waals surface area contributed by atoms with Crippen molar-refractivity contribution in [3.8, 4) is 0 Å². The molecule has 1 aromatic rings. The minimum Gasteiger partial charge on any atom is -0.387 e. The van der Waals surface area contributed by atoms with Gasteiger partial charge in [0, 0.05) is 6.54 Å². The summed E-state index contributed by atoms with van der Waals surface area (Å²) in [7, 11) is 0. The summed E-state index contributed by atoms with van der Waals surface area (Å²) in [4.78, 5) is 0.